The van der Waals surface area contributed by atoms with Crippen LogP contribution in [0.15, 0.2) is 53.4 Å². The quantitative estimate of drug-likeness (QED) is 0.641. The van der Waals surface area contributed by atoms with Crippen LogP contribution in [0.2, 0.25) is 0 Å². The normalized spacial score (nSPS) is 14.8. The number of nitrogens with zero attached hydrogens (tertiary/aromatic N) is 2. The third kappa shape index (κ3) is 5.45. The van der Waals surface area contributed by atoms with Crippen molar-refractivity contribution in [1.29, 1.82) is 0 Å². The Labute approximate surface area is 196 Å². The average Bonchev–Trinajstić information content (AvgIpc) is 2.82. The summed E-state index contributed by atoms with van der Waals surface area (Å²) in [6, 6.07) is 13.4. The minimum absolute atomic E-state index is 0.0684. The molecule has 2 amide bonds. The maximum Gasteiger partial charge on any atom is 0.251 e. The van der Waals surface area contributed by atoms with Gasteiger partial charge >= 0.3 is 0 Å². The van der Waals surface area contributed by atoms with Gasteiger partial charge < -0.3 is 10.2 Å². The van der Waals surface area contributed by atoms with E-state index in [9.17, 15) is 18.0 Å². The highest BCUT2D eigenvalue weighted by molar-refractivity contribution is 7.89. The number of benzene rings is 2. The summed E-state index contributed by atoms with van der Waals surface area (Å²) < 4.78 is 27.0. The smallest absolute Gasteiger partial charge is 0.251 e. The molecule has 0 aromatic heterocycles. The summed E-state index contributed by atoms with van der Waals surface area (Å²) >= 11 is 0. The van der Waals surface area contributed by atoms with Gasteiger partial charge in [-0.2, -0.15) is 4.31 Å². The lowest BCUT2D eigenvalue weighted by atomic mass is 9.97. The molecule has 0 aliphatic carbocycles. The Morgan fingerprint density at radius 2 is 1.70 bits per heavy atom. The molecule has 1 N–H and O–H groups in total. The maximum atomic E-state index is 13.3. The molecule has 0 radical (unpaired) electrons. The zero-order valence-corrected chi connectivity index (χ0v) is 20.6. The van der Waals surface area contributed by atoms with E-state index in [2.05, 4.69) is 11.4 Å². The number of fused-ring (bicyclic) bond motifs is 1. The molecule has 1 atom stereocenters. The van der Waals surface area contributed by atoms with E-state index in [0.29, 0.717) is 26.2 Å². The zero-order chi connectivity index (χ0) is 24.2. The molecule has 0 bridgehead atoms. The summed E-state index contributed by atoms with van der Waals surface area (Å²) in [4.78, 5) is 28.2. The van der Waals surface area contributed by atoms with Gasteiger partial charge in [0.05, 0.1) is 4.90 Å². The van der Waals surface area contributed by atoms with E-state index in [0.717, 1.165) is 12.0 Å². The van der Waals surface area contributed by atoms with E-state index in [4.69, 9.17) is 0 Å². The second-order valence-electron chi connectivity index (χ2n) is 8.59. The van der Waals surface area contributed by atoms with E-state index in [1.165, 1.54) is 22.0 Å². The standard InChI is InChI=1S/C25H33N3O4S/c1-5-28(6-2)33(31,32)22-13-9-12-20(16-22)24(29)26-23(18(3)4)25(30)27-15-14-19-10-7-8-11-21(19)17-27/h7-13,16,18,23H,5-6,14-15,17H2,1-4H3,(H,26,29)/t23-/m1/s1. The molecule has 1 heterocycles. The summed E-state index contributed by atoms with van der Waals surface area (Å²) in [5.41, 5.74) is 2.59. The second-order valence-corrected chi connectivity index (χ2v) is 10.5. The minimum atomic E-state index is -3.69. The average molecular weight is 472 g/mol. The fourth-order valence-corrected chi connectivity index (χ4v) is 5.63. The molecule has 2 aromatic rings. The highest BCUT2D eigenvalue weighted by Crippen LogP contribution is 2.21. The highest BCUT2D eigenvalue weighted by Gasteiger charge is 2.31. The van der Waals surface area contributed by atoms with Gasteiger partial charge in [0.1, 0.15) is 6.04 Å². The third-order valence-electron chi connectivity index (χ3n) is 6.10. The Morgan fingerprint density at radius 3 is 2.33 bits per heavy atom. The SMILES string of the molecule is CCN(CC)S(=O)(=O)c1cccc(C(=O)N[C@@H](C(=O)N2CCc3ccccc3C2)C(C)C)c1. The number of hydrogen-bond acceptors (Lipinski definition) is 4. The van der Waals surface area contributed by atoms with Crippen LogP contribution in [0.1, 0.15) is 49.2 Å². The van der Waals surface area contributed by atoms with Gasteiger partial charge in [-0.1, -0.05) is 58.0 Å². The Hall–Kier alpha value is -2.71. The predicted octanol–water partition coefficient (Wildman–Crippen LogP) is 3.06. The van der Waals surface area contributed by atoms with Gasteiger partial charge in [-0.3, -0.25) is 9.59 Å². The summed E-state index contributed by atoms with van der Waals surface area (Å²) in [6.45, 7) is 9.14. The van der Waals surface area contributed by atoms with Gasteiger partial charge in [-0.15, -0.1) is 0 Å². The molecule has 8 heteroatoms. The maximum absolute atomic E-state index is 13.3. The van der Waals surface area contributed by atoms with Crippen molar-refractivity contribution in [3.63, 3.8) is 0 Å². The number of nitrogens with one attached hydrogen (secondary N) is 1. The van der Waals surface area contributed by atoms with Crippen molar-refractivity contribution in [3.8, 4) is 0 Å². The first kappa shape index (κ1) is 24.9. The van der Waals surface area contributed by atoms with Crippen LogP contribution in [-0.2, 0) is 27.8 Å². The lowest BCUT2D eigenvalue weighted by Crippen LogP contribution is -2.52. The van der Waals surface area contributed by atoms with Crippen molar-refractivity contribution < 1.29 is 18.0 Å². The third-order valence-corrected chi connectivity index (χ3v) is 8.15. The highest BCUT2D eigenvalue weighted by atomic mass is 32.2. The molecular formula is C25H33N3O4S. The van der Waals surface area contributed by atoms with Crippen molar-refractivity contribution in [2.75, 3.05) is 19.6 Å². The first-order valence-corrected chi connectivity index (χ1v) is 12.9. The number of carbonyl (C=O) groups is 2. The van der Waals surface area contributed by atoms with E-state index in [1.54, 1.807) is 30.9 Å². The molecule has 1 aliphatic heterocycles. The summed E-state index contributed by atoms with van der Waals surface area (Å²) in [5.74, 6) is -0.711. The number of amides is 2. The Kier molecular flexibility index (Phi) is 7.92. The predicted molar refractivity (Wildman–Crippen MR) is 128 cm³/mol. The van der Waals surface area contributed by atoms with Crippen molar-refractivity contribution >= 4 is 21.8 Å². The summed E-state index contributed by atoms with van der Waals surface area (Å²) in [6.07, 6.45) is 0.784. The number of rotatable bonds is 8. The lowest BCUT2D eigenvalue weighted by Gasteiger charge is -2.33. The van der Waals surface area contributed by atoms with Crippen LogP contribution in [0.4, 0.5) is 0 Å². The van der Waals surface area contributed by atoms with Crippen LogP contribution in [0, 0.1) is 5.92 Å². The van der Waals surface area contributed by atoms with Gasteiger partial charge in [-0.25, -0.2) is 8.42 Å². The molecule has 7 nitrogen and oxygen atoms in total. The Balaban J connectivity index is 1.78. The molecule has 2 aromatic carbocycles. The zero-order valence-electron chi connectivity index (χ0n) is 19.7. The molecule has 3 rings (SSSR count). The Morgan fingerprint density at radius 1 is 1.03 bits per heavy atom. The van der Waals surface area contributed by atoms with Crippen LogP contribution in [0.3, 0.4) is 0 Å². The van der Waals surface area contributed by atoms with Crippen LogP contribution in [0.5, 0.6) is 0 Å². The van der Waals surface area contributed by atoms with Crippen molar-refractivity contribution in [3.05, 3.63) is 65.2 Å². The van der Waals surface area contributed by atoms with Crippen molar-refractivity contribution in [1.82, 2.24) is 14.5 Å². The van der Waals surface area contributed by atoms with E-state index in [-0.39, 0.29) is 22.3 Å². The van der Waals surface area contributed by atoms with Gasteiger partial charge in [0.2, 0.25) is 15.9 Å². The molecule has 178 valence electrons. The number of hydrogen-bond donors (Lipinski definition) is 1. The molecule has 0 unspecified atom stereocenters. The van der Waals surface area contributed by atoms with Crippen LogP contribution >= 0.6 is 0 Å². The van der Waals surface area contributed by atoms with Gasteiger partial charge in [0, 0.05) is 31.7 Å². The first-order chi connectivity index (χ1) is 15.7. The fourth-order valence-electron chi connectivity index (χ4n) is 4.13. The molecule has 0 spiro atoms. The van der Waals surface area contributed by atoms with E-state index < -0.39 is 22.0 Å². The summed E-state index contributed by atoms with van der Waals surface area (Å²) in [5, 5.41) is 2.85. The summed E-state index contributed by atoms with van der Waals surface area (Å²) in [7, 11) is -3.69. The largest absolute Gasteiger partial charge is 0.340 e. The van der Waals surface area contributed by atoms with Crippen molar-refractivity contribution in [2.24, 2.45) is 5.92 Å². The van der Waals surface area contributed by atoms with Gasteiger partial charge in [0.25, 0.3) is 5.91 Å². The topological polar surface area (TPSA) is 86.8 Å². The number of sulfonamides is 1. The second kappa shape index (κ2) is 10.5. The molecular weight excluding hydrogens is 438 g/mol. The molecule has 0 saturated carbocycles. The van der Waals surface area contributed by atoms with Crippen LogP contribution in [0.25, 0.3) is 0 Å². The Bertz CT molecular complexity index is 1110. The van der Waals surface area contributed by atoms with Gasteiger partial charge in [0.15, 0.2) is 0 Å². The van der Waals surface area contributed by atoms with Crippen LogP contribution in [-0.4, -0.2) is 55.1 Å². The molecule has 0 fully saturated rings. The van der Waals surface area contributed by atoms with Crippen LogP contribution < -0.4 is 5.32 Å². The van der Waals surface area contributed by atoms with E-state index in [1.807, 2.05) is 32.0 Å². The molecule has 33 heavy (non-hydrogen) atoms. The lowest BCUT2D eigenvalue weighted by molar-refractivity contribution is -0.135. The first-order valence-electron chi connectivity index (χ1n) is 11.5. The van der Waals surface area contributed by atoms with Crippen molar-refractivity contribution in [2.45, 2.75) is 51.6 Å². The minimum Gasteiger partial charge on any atom is -0.340 e. The van der Waals surface area contributed by atoms with Gasteiger partial charge in [-0.05, 0) is 41.7 Å². The van der Waals surface area contributed by atoms with E-state index >= 15 is 0 Å². The molecule has 1 aliphatic rings. The fraction of sp³-hybridized carbons (Fsp3) is 0.440. The monoisotopic (exact) mass is 471 g/mol. The molecule has 0 saturated heterocycles. The number of carbonyl (C=O) groups excluding carboxylic acids is 2.